The Labute approximate surface area is 230 Å². The van der Waals surface area contributed by atoms with E-state index in [-0.39, 0.29) is 22.1 Å². The summed E-state index contributed by atoms with van der Waals surface area (Å²) >= 11 is 1.18. The standard InChI is InChI=1S/C28H21N5O6S/c1-14-5-4-12-31-15(2)22(30-26(14)31)24(34)21-23(16-6-8-17(9-7-16)33(37)38)32(27(36)25(21)35)28-29-19-11-10-18(39-3)13-20(19)40-28/h4-13,23,34H,1-3H3. The van der Waals surface area contributed by atoms with Gasteiger partial charge in [0.1, 0.15) is 17.1 Å². The molecule has 5 aromatic rings. The lowest BCUT2D eigenvalue weighted by Crippen LogP contribution is -2.29. The molecule has 0 bridgehead atoms. The third-order valence-electron chi connectivity index (χ3n) is 6.96. The van der Waals surface area contributed by atoms with E-state index in [1.54, 1.807) is 42.8 Å². The maximum atomic E-state index is 13.6. The summed E-state index contributed by atoms with van der Waals surface area (Å²) in [5, 5.41) is 23.1. The van der Waals surface area contributed by atoms with Crippen LogP contribution < -0.4 is 9.64 Å². The molecular formula is C28H21N5O6S. The molecule has 1 amide bonds. The molecule has 1 N–H and O–H groups in total. The van der Waals surface area contributed by atoms with Crippen LogP contribution in [0.1, 0.15) is 28.6 Å². The van der Waals surface area contributed by atoms with Crippen molar-refractivity contribution in [1.29, 1.82) is 0 Å². The predicted molar refractivity (Wildman–Crippen MR) is 149 cm³/mol. The molecule has 12 heteroatoms. The molecule has 11 nitrogen and oxygen atoms in total. The van der Waals surface area contributed by atoms with Crippen molar-refractivity contribution in [3.63, 3.8) is 0 Å². The third-order valence-corrected chi connectivity index (χ3v) is 7.98. The molecule has 1 fully saturated rings. The first-order chi connectivity index (χ1) is 19.2. The van der Waals surface area contributed by atoms with Crippen LogP contribution in [0.15, 0.2) is 66.4 Å². The van der Waals surface area contributed by atoms with E-state index in [2.05, 4.69) is 9.97 Å². The van der Waals surface area contributed by atoms with Crippen molar-refractivity contribution in [2.45, 2.75) is 19.9 Å². The van der Waals surface area contributed by atoms with Gasteiger partial charge in [0.05, 0.1) is 39.6 Å². The fourth-order valence-electron chi connectivity index (χ4n) is 4.92. The average Bonchev–Trinajstić information content (AvgIpc) is 3.60. The number of pyridine rings is 1. The lowest BCUT2D eigenvalue weighted by Gasteiger charge is -2.22. The molecule has 3 aromatic heterocycles. The monoisotopic (exact) mass is 555 g/mol. The van der Waals surface area contributed by atoms with E-state index in [0.717, 1.165) is 10.3 Å². The second kappa shape index (κ2) is 9.27. The van der Waals surface area contributed by atoms with Gasteiger partial charge < -0.3 is 14.2 Å². The molecule has 1 aliphatic heterocycles. The zero-order valence-electron chi connectivity index (χ0n) is 21.5. The number of aromatic nitrogens is 3. The van der Waals surface area contributed by atoms with E-state index < -0.39 is 28.4 Å². The quantitative estimate of drug-likeness (QED) is 0.104. The van der Waals surface area contributed by atoms with Gasteiger partial charge in [-0.2, -0.15) is 0 Å². The van der Waals surface area contributed by atoms with Gasteiger partial charge >= 0.3 is 5.91 Å². The van der Waals surface area contributed by atoms with Gasteiger partial charge in [0, 0.05) is 18.3 Å². The highest BCUT2D eigenvalue weighted by molar-refractivity contribution is 7.22. The molecule has 2 aromatic carbocycles. The van der Waals surface area contributed by atoms with Crippen LogP contribution in [-0.4, -0.2) is 43.2 Å². The van der Waals surface area contributed by atoms with Gasteiger partial charge in [0.25, 0.3) is 11.5 Å². The summed E-state index contributed by atoms with van der Waals surface area (Å²) < 4.78 is 7.82. The van der Waals surface area contributed by atoms with Gasteiger partial charge in [-0.25, -0.2) is 9.97 Å². The SMILES string of the molecule is COc1ccc2nc(N3C(=O)C(=O)C(=C(O)c4nc5c(C)cccn5c4C)C3c3ccc([N+](=O)[O-])cc3)sc2c1. The highest BCUT2D eigenvalue weighted by Crippen LogP contribution is 2.45. The Kier molecular flexibility index (Phi) is 5.84. The van der Waals surface area contributed by atoms with Crippen molar-refractivity contribution in [3.05, 3.63) is 99.0 Å². The van der Waals surface area contributed by atoms with E-state index in [4.69, 9.17) is 4.74 Å². The number of aliphatic hydroxyl groups excluding tert-OH is 1. The Morgan fingerprint density at radius 1 is 1.10 bits per heavy atom. The smallest absolute Gasteiger partial charge is 0.301 e. The second-order valence-corrected chi connectivity index (χ2v) is 10.3. The van der Waals surface area contributed by atoms with Crippen molar-refractivity contribution < 1.29 is 24.4 Å². The van der Waals surface area contributed by atoms with Crippen molar-refractivity contribution >= 4 is 55.5 Å². The molecule has 6 rings (SSSR count). The first kappa shape index (κ1) is 25.2. The van der Waals surface area contributed by atoms with Gasteiger partial charge in [-0.15, -0.1) is 0 Å². The zero-order valence-corrected chi connectivity index (χ0v) is 22.3. The second-order valence-electron chi connectivity index (χ2n) is 9.28. The van der Waals surface area contributed by atoms with Crippen LogP contribution in [0, 0.1) is 24.0 Å². The molecule has 0 aliphatic carbocycles. The van der Waals surface area contributed by atoms with Crippen molar-refractivity contribution in [2.75, 3.05) is 12.0 Å². The number of nitro benzene ring substituents is 1. The molecule has 1 unspecified atom stereocenters. The Balaban J connectivity index is 1.58. The van der Waals surface area contributed by atoms with Gasteiger partial charge in [0.15, 0.2) is 10.9 Å². The third kappa shape index (κ3) is 3.80. The number of anilines is 1. The number of hydrogen-bond donors (Lipinski definition) is 1. The van der Waals surface area contributed by atoms with Gasteiger partial charge in [-0.05, 0) is 61.4 Å². The first-order valence-electron chi connectivity index (χ1n) is 12.1. The minimum absolute atomic E-state index is 0.153. The molecule has 0 saturated carbocycles. The number of carbonyl (C=O) groups is 2. The summed E-state index contributed by atoms with van der Waals surface area (Å²) in [6, 6.07) is 13.4. The van der Waals surface area contributed by atoms with Gasteiger partial charge in [0.2, 0.25) is 0 Å². The fraction of sp³-hybridized carbons (Fsp3) is 0.143. The summed E-state index contributed by atoms with van der Waals surface area (Å²) in [4.78, 5) is 48.3. The number of aryl methyl sites for hydroxylation is 2. The zero-order chi connectivity index (χ0) is 28.3. The fourth-order valence-corrected chi connectivity index (χ4v) is 5.94. The summed E-state index contributed by atoms with van der Waals surface area (Å²) in [5.74, 6) is -1.62. The number of benzene rings is 2. The largest absolute Gasteiger partial charge is 0.505 e. The van der Waals surface area contributed by atoms with Crippen LogP contribution in [0.3, 0.4) is 0 Å². The number of ketones is 1. The molecule has 40 heavy (non-hydrogen) atoms. The van der Waals surface area contributed by atoms with Crippen molar-refractivity contribution in [2.24, 2.45) is 0 Å². The van der Waals surface area contributed by atoms with Crippen LogP contribution in [0.25, 0.3) is 21.6 Å². The number of carbonyl (C=O) groups excluding carboxylic acids is 2. The Hall–Kier alpha value is -5.10. The molecule has 0 spiro atoms. The number of thiazole rings is 1. The normalized spacial score (nSPS) is 16.8. The Morgan fingerprint density at radius 2 is 1.85 bits per heavy atom. The van der Waals surface area contributed by atoms with E-state index in [1.165, 1.54) is 40.5 Å². The number of nitro groups is 1. The summed E-state index contributed by atoms with van der Waals surface area (Å²) in [6.45, 7) is 3.63. The number of aliphatic hydroxyl groups is 1. The number of hydrogen-bond acceptors (Lipinski definition) is 9. The number of non-ortho nitro benzene ring substituents is 1. The number of Topliss-reactive ketones (excluding diaryl/α,β-unsaturated/α-hetero) is 1. The maximum absolute atomic E-state index is 13.6. The summed E-state index contributed by atoms with van der Waals surface area (Å²) in [7, 11) is 1.54. The number of imidazole rings is 1. The average molecular weight is 556 g/mol. The lowest BCUT2D eigenvalue weighted by atomic mass is 9.96. The Bertz CT molecular complexity index is 1910. The molecule has 4 heterocycles. The van der Waals surface area contributed by atoms with Crippen molar-refractivity contribution in [1.82, 2.24) is 14.4 Å². The van der Waals surface area contributed by atoms with Gasteiger partial charge in [-0.1, -0.05) is 17.4 Å². The highest BCUT2D eigenvalue weighted by atomic mass is 32.1. The van der Waals surface area contributed by atoms with Crippen LogP contribution >= 0.6 is 11.3 Å². The molecule has 200 valence electrons. The molecule has 0 radical (unpaired) electrons. The van der Waals surface area contributed by atoms with E-state index in [1.807, 2.05) is 19.1 Å². The van der Waals surface area contributed by atoms with Crippen LogP contribution in [0.2, 0.25) is 0 Å². The van der Waals surface area contributed by atoms with E-state index in [0.29, 0.717) is 28.2 Å². The topological polar surface area (TPSA) is 140 Å². The summed E-state index contributed by atoms with van der Waals surface area (Å²) in [6.07, 6.45) is 1.79. The number of fused-ring (bicyclic) bond motifs is 2. The van der Waals surface area contributed by atoms with Crippen LogP contribution in [0.5, 0.6) is 5.75 Å². The number of methoxy groups -OCH3 is 1. The summed E-state index contributed by atoms with van der Waals surface area (Å²) in [5.41, 5.74) is 2.85. The minimum Gasteiger partial charge on any atom is -0.505 e. The highest BCUT2D eigenvalue weighted by Gasteiger charge is 2.48. The number of ether oxygens (including phenoxy) is 1. The first-order valence-corrected chi connectivity index (χ1v) is 13.0. The molecular weight excluding hydrogens is 534 g/mol. The van der Waals surface area contributed by atoms with Crippen LogP contribution in [-0.2, 0) is 9.59 Å². The van der Waals surface area contributed by atoms with E-state index in [9.17, 15) is 24.8 Å². The lowest BCUT2D eigenvalue weighted by molar-refractivity contribution is -0.384. The Morgan fingerprint density at radius 3 is 2.52 bits per heavy atom. The maximum Gasteiger partial charge on any atom is 0.301 e. The molecule has 1 atom stereocenters. The van der Waals surface area contributed by atoms with Crippen LogP contribution in [0.4, 0.5) is 10.8 Å². The van der Waals surface area contributed by atoms with E-state index >= 15 is 0 Å². The molecule has 1 aliphatic rings. The number of nitrogens with zero attached hydrogens (tertiary/aromatic N) is 5. The van der Waals surface area contributed by atoms with Gasteiger partial charge in [-0.3, -0.25) is 24.6 Å². The predicted octanol–water partition coefficient (Wildman–Crippen LogP) is 5.10. The van der Waals surface area contributed by atoms with Crippen molar-refractivity contribution in [3.8, 4) is 5.75 Å². The number of rotatable bonds is 5. The molecule has 1 saturated heterocycles. The number of amides is 1. The minimum atomic E-state index is -1.10.